The molecule has 0 radical (unpaired) electrons. The summed E-state index contributed by atoms with van der Waals surface area (Å²) in [6.07, 6.45) is 5.14. The average Bonchev–Trinajstić information content (AvgIpc) is 3.27. The lowest BCUT2D eigenvalue weighted by atomic mass is 9.84. The molecule has 0 amide bonds. The Hall–Kier alpha value is -1.35. The minimum Gasteiger partial charge on any atom is -0.357 e. The number of halogens is 3. The molecule has 1 N–H and O–H groups in total. The highest BCUT2D eigenvalue weighted by atomic mass is 127. The maximum Gasteiger partial charge on any atom is 0.193 e. The number of hydrogen-bond acceptors (Lipinski definition) is 2. The summed E-state index contributed by atoms with van der Waals surface area (Å²) in [5, 5.41) is 8.16. The van der Waals surface area contributed by atoms with Crippen LogP contribution in [0.1, 0.15) is 44.2 Å². The van der Waals surface area contributed by atoms with Gasteiger partial charge in [0.15, 0.2) is 5.96 Å². The van der Waals surface area contributed by atoms with Crippen LogP contribution in [0.2, 0.25) is 5.02 Å². The van der Waals surface area contributed by atoms with Crippen molar-refractivity contribution in [3.05, 3.63) is 52.6 Å². The number of hydrogen-bond donors (Lipinski definition) is 1. The maximum absolute atomic E-state index is 13.4. The van der Waals surface area contributed by atoms with Gasteiger partial charge in [-0.25, -0.2) is 4.39 Å². The number of nitrogens with one attached hydrogen (secondary N) is 1. The second kappa shape index (κ2) is 10.1. The van der Waals surface area contributed by atoms with Gasteiger partial charge in [-0.15, -0.1) is 24.0 Å². The summed E-state index contributed by atoms with van der Waals surface area (Å²) in [7, 11) is 1.95. The molecule has 1 aliphatic heterocycles. The van der Waals surface area contributed by atoms with Crippen LogP contribution in [0.25, 0.3) is 0 Å². The number of aliphatic imine (C=N–C) groups is 1. The van der Waals surface area contributed by atoms with Gasteiger partial charge >= 0.3 is 0 Å². The molecule has 2 heterocycles. The van der Waals surface area contributed by atoms with Crippen LogP contribution in [0.5, 0.6) is 0 Å². The van der Waals surface area contributed by atoms with Gasteiger partial charge in [-0.3, -0.25) is 9.67 Å². The minimum atomic E-state index is -0.320. The molecule has 2 aromatic rings. The van der Waals surface area contributed by atoms with Crippen molar-refractivity contribution < 1.29 is 4.39 Å². The fourth-order valence-electron chi connectivity index (χ4n) is 3.70. The fourth-order valence-corrected chi connectivity index (χ4v) is 4.12. The summed E-state index contributed by atoms with van der Waals surface area (Å²) in [4.78, 5) is 7.21. The number of benzene rings is 1. The zero-order valence-electron chi connectivity index (χ0n) is 17.5. The number of nitrogens with zero attached hydrogens (tertiary/aromatic N) is 4. The van der Waals surface area contributed by atoms with Crippen molar-refractivity contribution in [2.45, 2.75) is 38.5 Å². The van der Waals surface area contributed by atoms with Gasteiger partial charge in [0.1, 0.15) is 5.82 Å². The molecule has 1 unspecified atom stereocenters. The first-order chi connectivity index (χ1) is 13.3. The standard InChI is InChI=1S/C21H29ClFN5.HI/c1-5-24-20(28-9-8-15(13-28)16-11-26-27(4)12-16)25-14-21(2,3)18-7-6-17(23)10-19(18)22;/h6-7,10-12,15H,5,8-9,13-14H2,1-4H3,(H,24,25);1H. The van der Waals surface area contributed by atoms with Crippen LogP contribution in [0.3, 0.4) is 0 Å². The van der Waals surface area contributed by atoms with Gasteiger partial charge < -0.3 is 10.2 Å². The van der Waals surface area contributed by atoms with Gasteiger partial charge in [-0.05, 0) is 36.6 Å². The Balaban J connectivity index is 0.00000300. The largest absolute Gasteiger partial charge is 0.357 e. The molecule has 1 atom stereocenters. The summed E-state index contributed by atoms with van der Waals surface area (Å²) < 4.78 is 15.3. The van der Waals surface area contributed by atoms with E-state index in [2.05, 4.69) is 42.3 Å². The zero-order valence-corrected chi connectivity index (χ0v) is 20.5. The van der Waals surface area contributed by atoms with Gasteiger partial charge in [-0.2, -0.15) is 5.10 Å². The first kappa shape index (κ1) is 23.9. The van der Waals surface area contributed by atoms with E-state index < -0.39 is 0 Å². The van der Waals surface area contributed by atoms with Crippen molar-refractivity contribution in [3.8, 4) is 0 Å². The summed E-state index contributed by atoms with van der Waals surface area (Å²) in [5.74, 6) is 1.07. The molecule has 1 saturated heterocycles. The molecule has 3 rings (SSSR count). The van der Waals surface area contributed by atoms with Crippen LogP contribution < -0.4 is 5.32 Å². The Morgan fingerprint density at radius 2 is 2.17 bits per heavy atom. The third kappa shape index (κ3) is 5.84. The fraction of sp³-hybridized carbons (Fsp3) is 0.524. The Bertz CT molecular complexity index is 851. The predicted molar refractivity (Wildman–Crippen MR) is 128 cm³/mol. The van der Waals surface area contributed by atoms with Crippen molar-refractivity contribution in [1.29, 1.82) is 0 Å². The second-order valence-corrected chi connectivity index (χ2v) is 8.46. The van der Waals surface area contributed by atoms with E-state index in [1.807, 2.05) is 17.9 Å². The highest BCUT2D eigenvalue weighted by molar-refractivity contribution is 14.0. The van der Waals surface area contributed by atoms with Crippen LogP contribution in [-0.2, 0) is 12.5 Å². The Morgan fingerprint density at radius 3 is 2.79 bits per heavy atom. The first-order valence-electron chi connectivity index (χ1n) is 9.77. The third-order valence-electron chi connectivity index (χ3n) is 5.30. The lowest BCUT2D eigenvalue weighted by Crippen LogP contribution is -2.41. The van der Waals surface area contributed by atoms with Crippen LogP contribution in [-0.4, -0.2) is 46.8 Å². The van der Waals surface area contributed by atoms with E-state index in [-0.39, 0.29) is 35.2 Å². The van der Waals surface area contributed by atoms with E-state index in [4.69, 9.17) is 16.6 Å². The number of guanidine groups is 1. The summed E-state index contributed by atoms with van der Waals surface area (Å²) in [5.41, 5.74) is 1.89. The van der Waals surface area contributed by atoms with E-state index in [9.17, 15) is 4.39 Å². The molecule has 0 saturated carbocycles. The first-order valence-corrected chi connectivity index (χ1v) is 10.2. The molecule has 8 heteroatoms. The Kier molecular flexibility index (Phi) is 8.34. The monoisotopic (exact) mass is 533 g/mol. The van der Waals surface area contributed by atoms with E-state index in [1.165, 1.54) is 17.7 Å². The van der Waals surface area contributed by atoms with Crippen LogP contribution in [0, 0.1) is 5.82 Å². The number of likely N-dealkylation sites (tertiary alicyclic amines) is 1. The average molecular weight is 534 g/mol. The molecule has 1 fully saturated rings. The van der Waals surface area contributed by atoms with Gasteiger partial charge in [0, 0.05) is 49.2 Å². The Morgan fingerprint density at radius 1 is 1.41 bits per heavy atom. The van der Waals surface area contributed by atoms with Crippen LogP contribution in [0.15, 0.2) is 35.6 Å². The summed E-state index contributed by atoms with van der Waals surface area (Å²) in [6.45, 7) is 9.51. The number of rotatable bonds is 5. The van der Waals surface area contributed by atoms with Gasteiger partial charge in [0.05, 0.1) is 12.7 Å². The molecule has 0 aliphatic carbocycles. The minimum absolute atomic E-state index is 0. The molecule has 160 valence electrons. The predicted octanol–water partition coefficient (Wildman–Crippen LogP) is 4.56. The van der Waals surface area contributed by atoms with Crippen molar-refractivity contribution in [3.63, 3.8) is 0 Å². The van der Waals surface area contributed by atoms with Gasteiger partial charge in [0.25, 0.3) is 0 Å². The number of aromatic nitrogens is 2. The van der Waals surface area contributed by atoms with Gasteiger partial charge in [-0.1, -0.05) is 31.5 Å². The highest BCUT2D eigenvalue weighted by Gasteiger charge is 2.28. The van der Waals surface area contributed by atoms with Crippen molar-refractivity contribution >= 4 is 41.5 Å². The van der Waals surface area contributed by atoms with Crippen LogP contribution in [0.4, 0.5) is 4.39 Å². The van der Waals surface area contributed by atoms with Crippen molar-refractivity contribution in [1.82, 2.24) is 20.0 Å². The topological polar surface area (TPSA) is 45.5 Å². The third-order valence-corrected chi connectivity index (χ3v) is 5.62. The molecular weight excluding hydrogens is 504 g/mol. The SMILES string of the molecule is CCNC(=NCC(C)(C)c1ccc(F)cc1Cl)N1CCC(c2cnn(C)c2)C1.I. The molecule has 5 nitrogen and oxygen atoms in total. The quantitative estimate of drug-likeness (QED) is 0.348. The van der Waals surface area contributed by atoms with E-state index >= 15 is 0 Å². The molecule has 0 bridgehead atoms. The molecule has 1 aliphatic rings. The lowest BCUT2D eigenvalue weighted by Gasteiger charge is -2.27. The summed E-state index contributed by atoms with van der Waals surface area (Å²) in [6, 6.07) is 4.58. The summed E-state index contributed by atoms with van der Waals surface area (Å²) >= 11 is 6.28. The van der Waals surface area contributed by atoms with E-state index in [0.29, 0.717) is 17.5 Å². The van der Waals surface area contributed by atoms with Crippen LogP contribution >= 0.6 is 35.6 Å². The molecule has 29 heavy (non-hydrogen) atoms. The molecule has 1 aromatic heterocycles. The highest BCUT2D eigenvalue weighted by Crippen LogP contribution is 2.31. The maximum atomic E-state index is 13.4. The second-order valence-electron chi connectivity index (χ2n) is 8.06. The lowest BCUT2D eigenvalue weighted by molar-refractivity contribution is 0.474. The van der Waals surface area contributed by atoms with E-state index in [0.717, 1.165) is 37.6 Å². The van der Waals surface area contributed by atoms with Crippen molar-refractivity contribution in [2.75, 3.05) is 26.2 Å². The van der Waals surface area contributed by atoms with Gasteiger partial charge in [0.2, 0.25) is 0 Å². The normalized spacial score (nSPS) is 17.4. The molecule has 0 spiro atoms. The van der Waals surface area contributed by atoms with Crippen molar-refractivity contribution in [2.24, 2.45) is 12.0 Å². The molecular formula is C21H30ClFIN5. The van der Waals surface area contributed by atoms with E-state index in [1.54, 1.807) is 6.07 Å². The molecule has 1 aromatic carbocycles. The zero-order chi connectivity index (χ0) is 20.3. The Labute approximate surface area is 194 Å². The number of aryl methyl sites for hydroxylation is 1. The smallest absolute Gasteiger partial charge is 0.193 e.